The molecule has 0 radical (unpaired) electrons. The van der Waals surface area contributed by atoms with Crippen LogP contribution in [0.1, 0.15) is 24.8 Å². The molecule has 1 aliphatic heterocycles. The van der Waals surface area contributed by atoms with Crippen molar-refractivity contribution in [1.82, 2.24) is 5.32 Å². The standard InChI is InChI=1S/C15H20N2O/c18-15(13-6-7-13)16-9-3-10-17-11-8-12-4-1-2-5-14(12)17/h1-2,4-5,13H,3,6-11H2,(H,16,18). The number of hydrogen-bond donors (Lipinski definition) is 1. The smallest absolute Gasteiger partial charge is 0.223 e. The highest BCUT2D eigenvalue weighted by Gasteiger charge is 2.29. The van der Waals surface area contributed by atoms with Crippen molar-refractivity contribution in [1.29, 1.82) is 0 Å². The zero-order valence-corrected chi connectivity index (χ0v) is 10.7. The summed E-state index contributed by atoms with van der Waals surface area (Å²) >= 11 is 0. The van der Waals surface area contributed by atoms with Crippen LogP contribution < -0.4 is 10.2 Å². The first-order valence-electron chi connectivity index (χ1n) is 6.95. The van der Waals surface area contributed by atoms with Crippen LogP contribution in [-0.2, 0) is 11.2 Å². The van der Waals surface area contributed by atoms with Crippen molar-refractivity contribution < 1.29 is 4.79 Å². The van der Waals surface area contributed by atoms with Gasteiger partial charge < -0.3 is 10.2 Å². The zero-order chi connectivity index (χ0) is 12.4. The number of hydrogen-bond acceptors (Lipinski definition) is 2. The fourth-order valence-corrected chi connectivity index (χ4v) is 2.61. The van der Waals surface area contributed by atoms with Gasteiger partial charge in [-0.05, 0) is 37.3 Å². The summed E-state index contributed by atoms with van der Waals surface area (Å²) in [6.07, 6.45) is 4.37. The average Bonchev–Trinajstić information content (AvgIpc) is 3.17. The predicted molar refractivity (Wildman–Crippen MR) is 72.7 cm³/mol. The number of nitrogens with one attached hydrogen (secondary N) is 1. The van der Waals surface area contributed by atoms with Crippen molar-refractivity contribution in [3.63, 3.8) is 0 Å². The SMILES string of the molecule is O=C(NCCCN1CCc2ccccc21)C1CC1. The third-order valence-corrected chi connectivity index (χ3v) is 3.84. The summed E-state index contributed by atoms with van der Waals surface area (Å²) in [5.41, 5.74) is 2.84. The Morgan fingerprint density at radius 2 is 2.17 bits per heavy atom. The van der Waals surface area contributed by atoms with Crippen LogP contribution in [0.2, 0.25) is 0 Å². The van der Waals surface area contributed by atoms with E-state index in [1.54, 1.807) is 0 Å². The molecule has 2 aliphatic rings. The lowest BCUT2D eigenvalue weighted by atomic mass is 10.2. The summed E-state index contributed by atoms with van der Waals surface area (Å²) in [6.45, 7) is 2.98. The maximum Gasteiger partial charge on any atom is 0.223 e. The molecule has 1 amide bonds. The Kier molecular flexibility index (Phi) is 3.22. The predicted octanol–water partition coefficient (Wildman–Crippen LogP) is 1.97. The Morgan fingerprint density at radius 1 is 1.33 bits per heavy atom. The van der Waals surface area contributed by atoms with Gasteiger partial charge in [-0.2, -0.15) is 0 Å². The van der Waals surface area contributed by atoms with Gasteiger partial charge in [0.1, 0.15) is 0 Å². The normalized spacial score (nSPS) is 17.7. The van der Waals surface area contributed by atoms with Crippen LogP contribution in [0, 0.1) is 5.92 Å². The summed E-state index contributed by atoms with van der Waals surface area (Å²) in [5.74, 6) is 0.592. The quantitative estimate of drug-likeness (QED) is 0.803. The van der Waals surface area contributed by atoms with Crippen LogP contribution in [0.15, 0.2) is 24.3 Å². The second-order valence-electron chi connectivity index (χ2n) is 5.28. The van der Waals surface area contributed by atoms with E-state index in [0.717, 1.165) is 45.3 Å². The number of nitrogens with zero attached hydrogens (tertiary/aromatic N) is 1. The summed E-state index contributed by atoms with van der Waals surface area (Å²) in [4.78, 5) is 13.9. The highest BCUT2D eigenvalue weighted by atomic mass is 16.2. The van der Waals surface area contributed by atoms with Gasteiger partial charge in [-0.25, -0.2) is 0 Å². The Hall–Kier alpha value is -1.51. The molecular formula is C15H20N2O. The maximum absolute atomic E-state index is 11.5. The minimum atomic E-state index is 0.261. The summed E-state index contributed by atoms with van der Waals surface area (Å²) in [7, 11) is 0. The third kappa shape index (κ3) is 2.50. The third-order valence-electron chi connectivity index (χ3n) is 3.84. The summed E-state index contributed by atoms with van der Waals surface area (Å²) in [6, 6.07) is 8.62. The molecule has 0 atom stereocenters. The molecule has 0 spiro atoms. The van der Waals surface area contributed by atoms with E-state index in [2.05, 4.69) is 34.5 Å². The van der Waals surface area contributed by atoms with E-state index in [0.29, 0.717) is 5.92 Å². The highest BCUT2D eigenvalue weighted by molar-refractivity contribution is 5.80. The molecule has 0 bridgehead atoms. The second kappa shape index (κ2) is 5.01. The van der Waals surface area contributed by atoms with Gasteiger partial charge in [-0.15, -0.1) is 0 Å². The van der Waals surface area contributed by atoms with Crippen LogP contribution in [0.5, 0.6) is 0 Å². The van der Waals surface area contributed by atoms with Crippen LogP contribution >= 0.6 is 0 Å². The lowest BCUT2D eigenvalue weighted by Crippen LogP contribution is -2.29. The molecule has 96 valence electrons. The van der Waals surface area contributed by atoms with Crippen molar-refractivity contribution in [3.8, 4) is 0 Å². The van der Waals surface area contributed by atoms with Crippen molar-refractivity contribution in [2.24, 2.45) is 5.92 Å². The molecule has 0 saturated heterocycles. The molecular weight excluding hydrogens is 224 g/mol. The molecule has 3 heteroatoms. The van der Waals surface area contributed by atoms with Gasteiger partial charge in [0, 0.05) is 31.2 Å². The van der Waals surface area contributed by atoms with E-state index in [1.807, 2.05) is 0 Å². The maximum atomic E-state index is 11.5. The molecule has 0 unspecified atom stereocenters. The number of carbonyl (C=O) groups excluding carboxylic acids is 1. The molecule has 3 rings (SSSR count). The zero-order valence-electron chi connectivity index (χ0n) is 10.7. The van der Waals surface area contributed by atoms with Gasteiger partial charge in [0.2, 0.25) is 5.91 Å². The van der Waals surface area contributed by atoms with Crippen molar-refractivity contribution in [3.05, 3.63) is 29.8 Å². The Labute approximate surface area is 108 Å². The van der Waals surface area contributed by atoms with Crippen LogP contribution in [0.3, 0.4) is 0 Å². The fourth-order valence-electron chi connectivity index (χ4n) is 2.61. The first-order valence-corrected chi connectivity index (χ1v) is 6.95. The number of amides is 1. The molecule has 1 fully saturated rings. The van der Waals surface area contributed by atoms with E-state index in [-0.39, 0.29) is 5.91 Å². The Bertz CT molecular complexity index is 440. The monoisotopic (exact) mass is 244 g/mol. The molecule has 3 nitrogen and oxygen atoms in total. The first-order chi connectivity index (χ1) is 8.84. The number of fused-ring (bicyclic) bond motifs is 1. The number of para-hydroxylation sites is 1. The first kappa shape index (κ1) is 11.6. The van der Waals surface area contributed by atoms with Gasteiger partial charge in [0.15, 0.2) is 0 Å². The Morgan fingerprint density at radius 3 is 3.00 bits per heavy atom. The van der Waals surface area contributed by atoms with E-state index >= 15 is 0 Å². The van der Waals surface area contributed by atoms with Gasteiger partial charge in [0.25, 0.3) is 0 Å². The lowest BCUT2D eigenvalue weighted by Gasteiger charge is -2.19. The Balaban J connectivity index is 1.43. The average molecular weight is 244 g/mol. The molecule has 1 aromatic rings. The summed E-state index contributed by atoms with van der Waals surface area (Å²) in [5, 5.41) is 3.03. The minimum Gasteiger partial charge on any atom is -0.371 e. The van der Waals surface area contributed by atoms with Crippen molar-refractivity contribution in [2.45, 2.75) is 25.7 Å². The molecule has 0 aromatic heterocycles. The van der Waals surface area contributed by atoms with Crippen LogP contribution in [-0.4, -0.2) is 25.5 Å². The van der Waals surface area contributed by atoms with Crippen LogP contribution in [0.4, 0.5) is 5.69 Å². The number of anilines is 1. The fraction of sp³-hybridized carbons (Fsp3) is 0.533. The van der Waals surface area contributed by atoms with Crippen molar-refractivity contribution in [2.75, 3.05) is 24.5 Å². The van der Waals surface area contributed by atoms with E-state index in [1.165, 1.54) is 11.3 Å². The number of carbonyl (C=O) groups is 1. The molecule has 1 aromatic carbocycles. The minimum absolute atomic E-state index is 0.261. The lowest BCUT2D eigenvalue weighted by molar-refractivity contribution is -0.122. The molecule has 1 N–H and O–H groups in total. The van der Waals surface area contributed by atoms with Crippen LogP contribution in [0.25, 0.3) is 0 Å². The van der Waals surface area contributed by atoms with Gasteiger partial charge in [0.05, 0.1) is 0 Å². The largest absolute Gasteiger partial charge is 0.371 e. The topological polar surface area (TPSA) is 32.3 Å². The van der Waals surface area contributed by atoms with Crippen molar-refractivity contribution >= 4 is 11.6 Å². The number of rotatable bonds is 5. The van der Waals surface area contributed by atoms with Gasteiger partial charge in [-0.1, -0.05) is 18.2 Å². The molecule has 1 heterocycles. The molecule has 1 aliphatic carbocycles. The van der Waals surface area contributed by atoms with E-state index in [9.17, 15) is 4.79 Å². The van der Waals surface area contributed by atoms with Gasteiger partial charge in [-0.3, -0.25) is 4.79 Å². The van der Waals surface area contributed by atoms with E-state index in [4.69, 9.17) is 0 Å². The number of benzene rings is 1. The molecule has 18 heavy (non-hydrogen) atoms. The van der Waals surface area contributed by atoms with E-state index < -0.39 is 0 Å². The van der Waals surface area contributed by atoms with Gasteiger partial charge >= 0.3 is 0 Å². The summed E-state index contributed by atoms with van der Waals surface area (Å²) < 4.78 is 0. The second-order valence-corrected chi connectivity index (χ2v) is 5.28. The highest BCUT2D eigenvalue weighted by Crippen LogP contribution is 2.29. The molecule has 1 saturated carbocycles.